The quantitative estimate of drug-likeness (QED) is 0.253. The van der Waals surface area contributed by atoms with Crippen molar-refractivity contribution in [2.75, 3.05) is 32.7 Å². The summed E-state index contributed by atoms with van der Waals surface area (Å²) in [5, 5.41) is 6.91. The maximum Gasteiger partial charge on any atom is 0.251 e. The van der Waals surface area contributed by atoms with E-state index in [0.717, 1.165) is 32.0 Å². The van der Waals surface area contributed by atoms with Crippen molar-refractivity contribution >= 4 is 47.4 Å². The SMILES string of the molecule is CCNC(=NCCNC(=O)c1ccc(Cl)cc1)N1CCC(C)C(n2ccnc2)C1.I. The van der Waals surface area contributed by atoms with E-state index in [1.54, 1.807) is 24.3 Å². The standard InChI is InChI=1S/C21H29ClN6O.HI/c1-3-24-21(26-10-9-25-20(29)17-4-6-18(22)7-5-17)27-12-8-16(2)19(14-27)28-13-11-23-15-28;/h4-7,11,13,15-16,19H,3,8-10,12,14H2,1-2H3,(H,24,26)(H,25,29);1H. The molecule has 7 nitrogen and oxygen atoms in total. The number of amides is 1. The van der Waals surface area contributed by atoms with Gasteiger partial charge in [0.2, 0.25) is 0 Å². The first-order chi connectivity index (χ1) is 14.1. The lowest BCUT2D eigenvalue weighted by molar-refractivity contribution is 0.0954. The van der Waals surface area contributed by atoms with E-state index in [1.807, 2.05) is 18.7 Å². The third-order valence-electron chi connectivity index (χ3n) is 5.23. The first-order valence-electron chi connectivity index (χ1n) is 10.1. The molecular formula is C21H30ClIN6O. The van der Waals surface area contributed by atoms with Gasteiger partial charge >= 0.3 is 0 Å². The van der Waals surface area contributed by atoms with E-state index >= 15 is 0 Å². The molecule has 2 unspecified atom stereocenters. The molecule has 1 aliphatic rings. The van der Waals surface area contributed by atoms with Gasteiger partial charge in [0.05, 0.1) is 18.9 Å². The maximum absolute atomic E-state index is 12.2. The Balaban J connectivity index is 0.00000320. The Morgan fingerprint density at radius 3 is 2.73 bits per heavy atom. The molecule has 2 atom stereocenters. The predicted octanol–water partition coefficient (Wildman–Crippen LogP) is 3.43. The molecule has 0 bridgehead atoms. The van der Waals surface area contributed by atoms with Crippen LogP contribution in [0.4, 0.5) is 0 Å². The second-order valence-corrected chi connectivity index (χ2v) is 7.72. The van der Waals surface area contributed by atoms with Crippen LogP contribution in [-0.2, 0) is 0 Å². The number of rotatable bonds is 6. The van der Waals surface area contributed by atoms with Crippen LogP contribution < -0.4 is 10.6 Å². The molecule has 2 heterocycles. The van der Waals surface area contributed by atoms with E-state index < -0.39 is 0 Å². The molecule has 1 aromatic heterocycles. The molecule has 3 rings (SSSR count). The molecule has 0 saturated carbocycles. The van der Waals surface area contributed by atoms with Gasteiger partial charge in [-0.1, -0.05) is 18.5 Å². The Morgan fingerprint density at radius 1 is 1.30 bits per heavy atom. The summed E-state index contributed by atoms with van der Waals surface area (Å²) in [6.07, 6.45) is 6.84. The van der Waals surface area contributed by atoms with Gasteiger partial charge in [-0.2, -0.15) is 0 Å². The first kappa shape index (κ1) is 24.5. The van der Waals surface area contributed by atoms with Gasteiger partial charge in [0.1, 0.15) is 0 Å². The lowest BCUT2D eigenvalue weighted by Crippen LogP contribution is -2.49. The molecule has 1 amide bonds. The van der Waals surface area contributed by atoms with E-state index in [9.17, 15) is 4.79 Å². The van der Waals surface area contributed by atoms with Crippen molar-refractivity contribution in [2.45, 2.75) is 26.3 Å². The Morgan fingerprint density at radius 2 is 2.07 bits per heavy atom. The van der Waals surface area contributed by atoms with Crippen molar-refractivity contribution < 1.29 is 4.79 Å². The monoisotopic (exact) mass is 544 g/mol. The van der Waals surface area contributed by atoms with E-state index in [-0.39, 0.29) is 29.9 Å². The largest absolute Gasteiger partial charge is 0.357 e. The first-order valence-corrected chi connectivity index (χ1v) is 10.5. The number of aromatic nitrogens is 2. The molecule has 2 aromatic rings. The molecule has 1 fully saturated rings. The third kappa shape index (κ3) is 6.60. The van der Waals surface area contributed by atoms with Crippen LogP contribution in [0.3, 0.4) is 0 Å². The zero-order valence-electron chi connectivity index (χ0n) is 17.4. The van der Waals surface area contributed by atoms with Crippen LogP contribution in [0, 0.1) is 5.92 Å². The number of imidazole rings is 1. The van der Waals surface area contributed by atoms with Crippen LogP contribution in [0.2, 0.25) is 5.02 Å². The second-order valence-electron chi connectivity index (χ2n) is 7.29. The fourth-order valence-corrected chi connectivity index (χ4v) is 3.68. The number of hydrogen-bond acceptors (Lipinski definition) is 3. The number of nitrogens with one attached hydrogen (secondary N) is 2. The van der Waals surface area contributed by atoms with Gasteiger partial charge in [0, 0.05) is 49.2 Å². The number of aliphatic imine (C=N–C) groups is 1. The highest BCUT2D eigenvalue weighted by Crippen LogP contribution is 2.27. The van der Waals surface area contributed by atoms with Gasteiger partial charge in [0.15, 0.2) is 5.96 Å². The number of benzene rings is 1. The van der Waals surface area contributed by atoms with Crippen molar-refractivity contribution in [3.63, 3.8) is 0 Å². The van der Waals surface area contributed by atoms with Crippen LogP contribution in [0.5, 0.6) is 0 Å². The summed E-state index contributed by atoms with van der Waals surface area (Å²) in [5.74, 6) is 1.36. The molecule has 164 valence electrons. The van der Waals surface area contributed by atoms with E-state index in [4.69, 9.17) is 16.6 Å². The Labute approximate surface area is 200 Å². The summed E-state index contributed by atoms with van der Waals surface area (Å²) in [5.41, 5.74) is 0.596. The molecule has 1 aliphatic heterocycles. The van der Waals surface area contributed by atoms with E-state index in [2.05, 4.69) is 38.9 Å². The van der Waals surface area contributed by atoms with Gasteiger partial charge in [-0.15, -0.1) is 24.0 Å². The second kappa shape index (κ2) is 12.1. The lowest BCUT2D eigenvalue weighted by atomic mass is 9.93. The Kier molecular flexibility index (Phi) is 9.90. The minimum absolute atomic E-state index is 0. The number of piperidine rings is 1. The molecule has 30 heavy (non-hydrogen) atoms. The van der Waals surface area contributed by atoms with E-state index in [1.165, 1.54) is 0 Å². The number of carbonyl (C=O) groups is 1. The van der Waals surface area contributed by atoms with Gasteiger partial charge in [-0.25, -0.2) is 4.98 Å². The number of carbonyl (C=O) groups excluding carboxylic acids is 1. The molecule has 0 aliphatic carbocycles. The van der Waals surface area contributed by atoms with Gasteiger partial charge < -0.3 is 20.1 Å². The fraction of sp³-hybridized carbons (Fsp3) is 0.476. The molecule has 0 radical (unpaired) electrons. The fourth-order valence-electron chi connectivity index (χ4n) is 3.56. The molecular weight excluding hydrogens is 515 g/mol. The third-order valence-corrected chi connectivity index (χ3v) is 5.48. The highest BCUT2D eigenvalue weighted by molar-refractivity contribution is 14.0. The average molecular weight is 545 g/mol. The molecule has 2 N–H and O–H groups in total. The van der Waals surface area contributed by atoms with Crippen LogP contribution in [-0.4, -0.2) is 59.0 Å². The summed E-state index contributed by atoms with van der Waals surface area (Å²) < 4.78 is 2.19. The van der Waals surface area contributed by atoms with Crippen molar-refractivity contribution in [3.05, 3.63) is 53.6 Å². The highest BCUT2D eigenvalue weighted by atomic mass is 127. The van der Waals surface area contributed by atoms with Crippen molar-refractivity contribution in [2.24, 2.45) is 10.9 Å². The average Bonchev–Trinajstić information content (AvgIpc) is 3.26. The summed E-state index contributed by atoms with van der Waals surface area (Å²) in [6, 6.07) is 7.24. The lowest BCUT2D eigenvalue weighted by Gasteiger charge is -2.39. The summed E-state index contributed by atoms with van der Waals surface area (Å²) in [7, 11) is 0. The van der Waals surface area contributed by atoms with Gasteiger partial charge in [-0.05, 0) is 43.5 Å². The van der Waals surface area contributed by atoms with Crippen molar-refractivity contribution in [1.82, 2.24) is 25.1 Å². The summed E-state index contributed by atoms with van der Waals surface area (Å²) >= 11 is 5.87. The maximum atomic E-state index is 12.2. The van der Waals surface area contributed by atoms with Crippen molar-refractivity contribution in [3.8, 4) is 0 Å². The zero-order valence-corrected chi connectivity index (χ0v) is 20.5. The topological polar surface area (TPSA) is 74.6 Å². The smallest absolute Gasteiger partial charge is 0.251 e. The van der Waals surface area contributed by atoms with Crippen LogP contribution in [0.25, 0.3) is 0 Å². The number of hydrogen-bond donors (Lipinski definition) is 2. The van der Waals surface area contributed by atoms with Crippen LogP contribution in [0.15, 0.2) is 48.0 Å². The minimum Gasteiger partial charge on any atom is -0.357 e. The zero-order chi connectivity index (χ0) is 20.6. The predicted molar refractivity (Wildman–Crippen MR) is 132 cm³/mol. The van der Waals surface area contributed by atoms with Gasteiger partial charge in [0.25, 0.3) is 5.91 Å². The number of halogens is 2. The molecule has 9 heteroatoms. The minimum atomic E-state index is -0.117. The normalized spacial score (nSPS) is 19.2. The molecule has 1 saturated heterocycles. The Bertz CT molecular complexity index is 811. The molecule has 0 spiro atoms. The number of nitrogens with zero attached hydrogens (tertiary/aromatic N) is 4. The summed E-state index contributed by atoms with van der Waals surface area (Å²) in [6.45, 7) is 8.01. The number of guanidine groups is 1. The highest BCUT2D eigenvalue weighted by Gasteiger charge is 2.28. The number of likely N-dealkylation sites (tertiary alicyclic amines) is 1. The molecule has 1 aromatic carbocycles. The van der Waals surface area contributed by atoms with Crippen molar-refractivity contribution in [1.29, 1.82) is 0 Å². The summed E-state index contributed by atoms with van der Waals surface area (Å²) in [4.78, 5) is 23.4. The van der Waals surface area contributed by atoms with E-state index in [0.29, 0.717) is 35.6 Å². The Hall–Kier alpha value is -1.81. The van der Waals surface area contributed by atoms with Crippen LogP contribution >= 0.6 is 35.6 Å². The van der Waals surface area contributed by atoms with Crippen LogP contribution in [0.1, 0.15) is 36.7 Å². The van der Waals surface area contributed by atoms with Gasteiger partial charge in [-0.3, -0.25) is 9.79 Å².